The van der Waals surface area contributed by atoms with Crippen LogP contribution in [-0.2, 0) is 6.42 Å². The molecule has 0 aliphatic carbocycles. The second kappa shape index (κ2) is 4.02. The van der Waals surface area contributed by atoms with Crippen LogP contribution in [0.5, 0.6) is 0 Å². The second-order valence-corrected chi connectivity index (χ2v) is 5.20. The van der Waals surface area contributed by atoms with Gasteiger partial charge in [0.2, 0.25) is 0 Å². The van der Waals surface area contributed by atoms with Crippen LogP contribution in [0.1, 0.15) is 19.6 Å². The highest BCUT2D eigenvalue weighted by molar-refractivity contribution is 7.14. The number of carbonyl (C=O) groups excluding carboxylic acids is 1. The van der Waals surface area contributed by atoms with E-state index in [4.69, 9.17) is 0 Å². The summed E-state index contributed by atoms with van der Waals surface area (Å²) < 4.78 is 0. The molecule has 0 amide bonds. The van der Waals surface area contributed by atoms with Gasteiger partial charge in [0.25, 0.3) is 0 Å². The van der Waals surface area contributed by atoms with E-state index < -0.39 is 0 Å². The van der Waals surface area contributed by atoms with Crippen LogP contribution >= 0.6 is 22.7 Å². The summed E-state index contributed by atoms with van der Waals surface area (Å²) in [4.78, 5) is 17.8. The summed E-state index contributed by atoms with van der Waals surface area (Å²) in [7, 11) is 0. The predicted molar refractivity (Wildman–Crippen MR) is 59.2 cm³/mol. The van der Waals surface area contributed by atoms with Gasteiger partial charge in [-0.3, -0.25) is 4.79 Å². The number of thiophene rings is 1. The van der Waals surface area contributed by atoms with Gasteiger partial charge in [-0.2, -0.15) is 0 Å². The average Bonchev–Trinajstić information content (AvgIpc) is 2.75. The van der Waals surface area contributed by atoms with Crippen molar-refractivity contribution in [2.24, 2.45) is 0 Å². The molecule has 0 aliphatic heterocycles. The standard InChI is InChI=1S/C10H9NOS2/c1-7-2-3-9(14-7)8(12)6-10-11-4-5-13-10/h2-5H,6H2,1H3. The molecule has 0 unspecified atom stereocenters. The Morgan fingerprint density at radius 1 is 1.50 bits per heavy atom. The predicted octanol–water partition coefficient (Wildman–Crippen LogP) is 2.94. The van der Waals surface area contributed by atoms with Crippen molar-refractivity contribution in [1.82, 2.24) is 4.98 Å². The molecule has 0 N–H and O–H groups in total. The maximum atomic E-state index is 11.7. The molecule has 0 aliphatic rings. The van der Waals surface area contributed by atoms with Crippen molar-refractivity contribution in [3.05, 3.63) is 38.5 Å². The summed E-state index contributed by atoms with van der Waals surface area (Å²) in [5.41, 5.74) is 0. The van der Waals surface area contributed by atoms with E-state index in [0.29, 0.717) is 6.42 Å². The molecule has 0 saturated carbocycles. The lowest BCUT2D eigenvalue weighted by molar-refractivity contribution is 0.0997. The number of Topliss-reactive ketones (excluding diaryl/α,β-unsaturated/α-hetero) is 1. The third-order valence-corrected chi connectivity index (χ3v) is 3.63. The third kappa shape index (κ3) is 2.08. The summed E-state index contributed by atoms with van der Waals surface area (Å²) in [5.74, 6) is 0.165. The van der Waals surface area contributed by atoms with E-state index >= 15 is 0 Å². The highest BCUT2D eigenvalue weighted by Gasteiger charge is 2.10. The highest BCUT2D eigenvalue weighted by Crippen LogP contribution is 2.18. The van der Waals surface area contributed by atoms with Crippen molar-refractivity contribution >= 4 is 28.5 Å². The van der Waals surface area contributed by atoms with E-state index in [1.165, 1.54) is 16.2 Å². The molecular weight excluding hydrogens is 214 g/mol. The summed E-state index contributed by atoms with van der Waals surface area (Å²) in [5, 5.41) is 2.78. The van der Waals surface area contributed by atoms with Crippen molar-refractivity contribution < 1.29 is 4.79 Å². The molecule has 0 atom stereocenters. The SMILES string of the molecule is Cc1ccc(C(=O)Cc2nccs2)s1. The minimum absolute atomic E-state index is 0.165. The normalized spacial score (nSPS) is 10.4. The number of aryl methyl sites for hydroxylation is 1. The molecule has 2 aromatic rings. The first-order chi connectivity index (χ1) is 6.75. The van der Waals surface area contributed by atoms with Crippen molar-refractivity contribution in [2.45, 2.75) is 13.3 Å². The maximum Gasteiger partial charge on any atom is 0.179 e. The number of nitrogens with zero attached hydrogens (tertiary/aromatic N) is 1. The first kappa shape index (κ1) is 9.55. The van der Waals surface area contributed by atoms with Crippen LogP contribution in [0.2, 0.25) is 0 Å². The molecule has 2 heterocycles. The van der Waals surface area contributed by atoms with E-state index in [9.17, 15) is 4.79 Å². The van der Waals surface area contributed by atoms with E-state index in [0.717, 1.165) is 9.88 Å². The molecular formula is C10H9NOS2. The summed E-state index contributed by atoms with van der Waals surface area (Å²) in [6.07, 6.45) is 2.16. The molecule has 0 aromatic carbocycles. The molecule has 2 nitrogen and oxygen atoms in total. The third-order valence-electron chi connectivity index (χ3n) is 1.81. The lowest BCUT2D eigenvalue weighted by Gasteiger charge is -1.92. The summed E-state index contributed by atoms with van der Waals surface area (Å²) in [6.45, 7) is 2.00. The fourth-order valence-corrected chi connectivity index (χ4v) is 2.57. The number of ketones is 1. The fraction of sp³-hybridized carbons (Fsp3) is 0.200. The minimum Gasteiger partial charge on any atom is -0.293 e. The van der Waals surface area contributed by atoms with Gasteiger partial charge in [-0.05, 0) is 19.1 Å². The molecule has 0 spiro atoms. The van der Waals surface area contributed by atoms with Crippen LogP contribution < -0.4 is 0 Å². The molecule has 0 radical (unpaired) electrons. The topological polar surface area (TPSA) is 30.0 Å². The van der Waals surface area contributed by atoms with Crippen molar-refractivity contribution in [3.8, 4) is 0 Å². The Morgan fingerprint density at radius 2 is 2.36 bits per heavy atom. The lowest BCUT2D eigenvalue weighted by atomic mass is 10.2. The van der Waals surface area contributed by atoms with Gasteiger partial charge in [0.15, 0.2) is 5.78 Å². The van der Waals surface area contributed by atoms with Gasteiger partial charge in [-0.15, -0.1) is 22.7 Å². The van der Waals surface area contributed by atoms with Crippen LogP contribution in [0.25, 0.3) is 0 Å². The summed E-state index contributed by atoms with van der Waals surface area (Å²) >= 11 is 3.07. The van der Waals surface area contributed by atoms with Crippen LogP contribution in [0.15, 0.2) is 23.7 Å². The Labute approximate surface area is 90.2 Å². The van der Waals surface area contributed by atoms with Gasteiger partial charge in [0, 0.05) is 16.5 Å². The molecule has 14 heavy (non-hydrogen) atoms. The Morgan fingerprint density at radius 3 is 2.93 bits per heavy atom. The zero-order chi connectivity index (χ0) is 9.97. The van der Waals surface area contributed by atoms with E-state index in [-0.39, 0.29) is 5.78 Å². The zero-order valence-corrected chi connectivity index (χ0v) is 9.32. The quantitative estimate of drug-likeness (QED) is 0.749. The number of thiazole rings is 1. The second-order valence-electron chi connectivity index (χ2n) is 2.94. The number of aromatic nitrogens is 1. The molecule has 2 rings (SSSR count). The van der Waals surface area contributed by atoms with Crippen molar-refractivity contribution in [3.63, 3.8) is 0 Å². The Kier molecular flexibility index (Phi) is 2.74. The number of hydrogen-bond acceptors (Lipinski definition) is 4. The number of carbonyl (C=O) groups is 1. The molecule has 0 fully saturated rings. The van der Waals surface area contributed by atoms with E-state index in [1.807, 2.05) is 24.4 Å². The van der Waals surface area contributed by atoms with Gasteiger partial charge in [-0.25, -0.2) is 4.98 Å². The van der Waals surface area contributed by atoms with Crippen LogP contribution in [-0.4, -0.2) is 10.8 Å². The van der Waals surface area contributed by atoms with Gasteiger partial charge in [-0.1, -0.05) is 0 Å². The monoisotopic (exact) mass is 223 g/mol. The van der Waals surface area contributed by atoms with Crippen molar-refractivity contribution in [2.75, 3.05) is 0 Å². The average molecular weight is 223 g/mol. The minimum atomic E-state index is 0.165. The molecule has 2 aromatic heterocycles. The Balaban J connectivity index is 2.10. The van der Waals surface area contributed by atoms with Gasteiger partial charge >= 0.3 is 0 Å². The first-order valence-electron chi connectivity index (χ1n) is 4.24. The summed E-state index contributed by atoms with van der Waals surface area (Å²) in [6, 6.07) is 3.86. The van der Waals surface area contributed by atoms with Gasteiger partial charge in [0.05, 0.1) is 11.3 Å². The van der Waals surface area contributed by atoms with Gasteiger partial charge < -0.3 is 0 Å². The van der Waals surface area contributed by atoms with Crippen LogP contribution in [0, 0.1) is 6.92 Å². The van der Waals surface area contributed by atoms with Crippen LogP contribution in [0.3, 0.4) is 0 Å². The Hall–Kier alpha value is -1.00. The van der Waals surface area contributed by atoms with Crippen LogP contribution in [0.4, 0.5) is 0 Å². The number of rotatable bonds is 3. The molecule has 4 heteroatoms. The number of hydrogen-bond donors (Lipinski definition) is 0. The Bertz CT molecular complexity index is 431. The maximum absolute atomic E-state index is 11.7. The molecule has 0 saturated heterocycles. The lowest BCUT2D eigenvalue weighted by Crippen LogP contribution is -2.00. The zero-order valence-electron chi connectivity index (χ0n) is 7.69. The van der Waals surface area contributed by atoms with Gasteiger partial charge in [0.1, 0.15) is 5.01 Å². The molecule has 0 bridgehead atoms. The first-order valence-corrected chi connectivity index (χ1v) is 5.93. The van der Waals surface area contributed by atoms with E-state index in [2.05, 4.69) is 4.98 Å². The smallest absolute Gasteiger partial charge is 0.179 e. The van der Waals surface area contributed by atoms with Crippen molar-refractivity contribution in [1.29, 1.82) is 0 Å². The fourth-order valence-electron chi connectivity index (χ4n) is 1.15. The van der Waals surface area contributed by atoms with E-state index in [1.54, 1.807) is 17.5 Å². The highest BCUT2D eigenvalue weighted by atomic mass is 32.1. The molecule has 72 valence electrons. The largest absolute Gasteiger partial charge is 0.293 e.